The van der Waals surface area contributed by atoms with Gasteiger partial charge in [0.05, 0.1) is 31.2 Å². The lowest BCUT2D eigenvalue weighted by molar-refractivity contribution is -0.140. The van der Waals surface area contributed by atoms with E-state index in [9.17, 15) is 24.2 Å². The molecule has 0 unspecified atom stereocenters. The Bertz CT molecular complexity index is 1000. The number of hydrogen-bond acceptors (Lipinski definition) is 5. The summed E-state index contributed by atoms with van der Waals surface area (Å²) in [7, 11) is 0. The molecule has 1 aliphatic carbocycles. The Balaban J connectivity index is 1.52. The molecule has 2 fully saturated rings. The van der Waals surface area contributed by atoms with Crippen molar-refractivity contribution in [2.45, 2.75) is 52.1 Å². The Kier molecular flexibility index (Phi) is 7.00. The van der Waals surface area contributed by atoms with E-state index in [4.69, 9.17) is 4.74 Å². The maximum Gasteiger partial charge on any atom is 0.233 e. The molecule has 2 aliphatic heterocycles. The summed E-state index contributed by atoms with van der Waals surface area (Å²) in [5, 5.41) is 19.5. The summed E-state index contributed by atoms with van der Waals surface area (Å²) >= 11 is 0. The SMILES string of the molecule is CCCN1C(=O)[C@@H]2[C@@H](CC(CO)=C3[C@@H](CC/C(=C/c4ccc(O)c(F)c4)CC)OC[C@@H]32)C1=O. The normalized spacial score (nSPS) is 27.4. The molecule has 2 amide bonds. The molecule has 2 heterocycles. The van der Waals surface area contributed by atoms with Crippen molar-refractivity contribution >= 4 is 17.9 Å². The van der Waals surface area contributed by atoms with Crippen LogP contribution in [0.5, 0.6) is 5.75 Å². The molecule has 0 aromatic heterocycles. The number of likely N-dealkylation sites (tertiary alicyclic amines) is 1. The third-order valence-electron chi connectivity index (χ3n) is 7.26. The van der Waals surface area contributed by atoms with E-state index in [1.807, 2.05) is 19.9 Å². The fourth-order valence-corrected chi connectivity index (χ4v) is 5.64. The number of fused-ring (bicyclic) bond motifs is 3. The molecule has 4 atom stereocenters. The molecule has 1 aromatic carbocycles. The molecule has 0 radical (unpaired) electrons. The number of imide groups is 1. The van der Waals surface area contributed by atoms with Crippen molar-refractivity contribution in [2.24, 2.45) is 17.8 Å². The summed E-state index contributed by atoms with van der Waals surface area (Å²) in [6.07, 6.45) is 5.07. The van der Waals surface area contributed by atoms with Crippen molar-refractivity contribution in [2.75, 3.05) is 19.8 Å². The second-order valence-electron chi connectivity index (χ2n) is 9.22. The molecule has 2 saturated heterocycles. The summed E-state index contributed by atoms with van der Waals surface area (Å²) in [5.74, 6) is -2.17. The number of carbonyl (C=O) groups excluding carboxylic acids is 2. The van der Waals surface area contributed by atoms with E-state index in [1.165, 1.54) is 17.0 Å². The average molecular weight is 458 g/mol. The Morgan fingerprint density at radius 1 is 1.24 bits per heavy atom. The molecular weight excluding hydrogens is 425 g/mol. The van der Waals surface area contributed by atoms with Crippen LogP contribution >= 0.6 is 0 Å². The number of halogens is 1. The van der Waals surface area contributed by atoms with Crippen molar-refractivity contribution in [3.8, 4) is 5.75 Å². The Morgan fingerprint density at radius 3 is 2.70 bits per heavy atom. The van der Waals surface area contributed by atoms with Crippen LogP contribution in [-0.4, -0.2) is 52.8 Å². The number of amides is 2. The highest BCUT2D eigenvalue weighted by atomic mass is 19.1. The van der Waals surface area contributed by atoms with E-state index < -0.39 is 11.7 Å². The van der Waals surface area contributed by atoms with Crippen LogP contribution in [0.25, 0.3) is 6.08 Å². The minimum Gasteiger partial charge on any atom is -0.505 e. The van der Waals surface area contributed by atoms with Gasteiger partial charge in [-0.1, -0.05) is 31.6 Å². The van der Waals surface area contributed by atoms with Crippen LogP contribution < -0.4 is 0 Å². The maximum absolute atomic E-state index is 13.7. The number of rotatable bonds is 8. The molecule has 1 aromatic rings. The zero-order valence-electron chi connectivity index (χ0n) is 19.2. The summed E-state index contributed by atoms with van der Waals surface area (Å²) in [4.78, 5) is 27.3. The highest BCUT2D eigenvalue weighted by Crippen LogP contribution is 2.49. The summed E-state index contributed by atoms with van der Waals surface area (Å²) in [5.41, 5.74) is 3.65. The third kappa shape index (κ3) is 4.36. The van der Waals surface area contributed by atoms with Gasteiger partial charge < -0.3 is 14.9 Å². The summed E-state index contributed by atoms with van der Waals surface area (Å²) in [6.45, 7) is 4.68. The van der Waals surface area contributed by atoms with Crippen molar-refractivity contribution in [1.29, 1.82) is 0 Å². The monoisotopic (exact) mass is 457 g/mol. The fraction of sp³-hybridized carbons (Fsp3) is 0.538. The van der Waals surface area contributed by atoms with Gasteiger partial charge in [-0.05, 0) is 60.9 Å². The quantitative estimate of drug-likeness (QED) is 0.458. The summed E-state index contributed by atoms with van der Waals surface area (Å²) in [6, 6.07) is 4.33. The average Bonchev–Trinajstić information content (AvgIpc) is 3.33. The maximum atomic E-state index is 13.7. The number of carbonyl (C=O) groups is 2. The molecule has 2 N–H and O–H groups in total. The van der Waals surface area contributed by atoms with Gasteiger partial charge in [-0.2, -0.15) is 0 Å². The van der Waals surface area contributed by atoms with Crippen molar-refractivity contribution in [1.82, 2.24) is 4.90 Å². The topological polar surface area (TPSA) is 87.1 Å². The Morgan fingerprint density at radius 2 is 2.03 bits per heavy atom. The lowest BCUT2D eigenvalue weighted by Gasteiger charge is -2.31. The Hall–Kier alpha value is -2.51. The van der Waals surface area contributed by atoms with E-state index in [-0.39, 0.29) is 42.1 Å². The van der Waals surface area contributed by atoms with Gasteiger partial charge in [0, 0.05) is 12.5 Å². The zero-order valence-corrected chi connectivity index (χ0v) is 19.2. The van der Waals surface area contributed by atoms with Gasteiger partial charge in [0.2, 0.25) is 11.8 Å². The van der Waals surface area contributed by atoms with Gasteiger partial charge >= 0.3 is 0 Å². The van der Waals surface area contributed by atoms with Crippen LogP contribution in [0.2, 0.25) is 0 Å². The first kappa shape index (κ1) is 23.6. The minimum atomic E-state index is -0.649. The van der Waals surface area contributed by atoms with Gasteiger partial charge in [0.1, 0.15) is 0 Å². The predicted molar refractivity (Wildman–Crippen MR) is 122 cm³/mol. The largest absolute Gasteiger partial charge is 0.505 e. The molecule has 0 spiro atoms. The lowest BCUT2D eigenvalue weighted by Crippen LogP contribution is -2.35. The van der Waals surface area contributed by atoms with E-state index in [0.29, 0.717) is 31.6 Å². The number of aromatic hydroxyl groups is 1. The van der Waals surface area contributed by atoms with Crippen LogP contribution in [0.15, 0.2) is 34.9 Å². The number of allylic oxidation sites excluding steroid dienone is 1. The van der Waals surface area contributed by atoms with E-state index >= 15 is 0 Å². The molecule has 4 rings (SSSR count). The van der Waals surface area contributed by atoms with Crippen molar-refractivity contribution in [3.63, 3.8) is 0 Å². The number of phenols is 1. The molecule has 33 heavy (non-hydrogen) atoms. The molecule has 0 bridgehead atoms. The van der Waals surface area contributed by atoms with Crippen LogP contribution in [-0.2, 0) is 14.3 Å². The number of aliphatic hydroxyl groups is 1. The molecule has 6 nitrogen and oxygen atoms in total. The first-order chi connectivity index (χ1) is 15.9. The number of nitrogens with zero attached hydrogens (tertiary/aromatic N) is 1. The number of aliphatic hydroxyl groups excluding tert-OH is 1. The number of benzene rings is 1. The first-order valence-electron chi connectivity index (χ1n) is 11.9. The fourth-order valence-electron chi connectivity index (χ4n) is 5.64. The van der Waals surface area contributed by atoms with Crippen LogP contribution in [0.4, 0.5) is 4.39 Å². The van der Waals surface area contributed by atoms with Gasteiger partial charge in [0.25, 0.3) is 0 Å². The number of hydrogen-bond donors (Lipinski definition) is 2. The van der Waals surface area contributed by atoms with E-state index in [2.05, 4.69) is 0 Å². The first-order valence-corrected chi connectivity index (χ1v) is 11.9. The van der Waals surface area contributed by atoms with Gasteiger partial charge in [0.15, 0.2) is 11.6 Å². The van der Waals surface area contributed by atoms with Crippen molar-refractivity contribution < 1.29 is 28.9 Å². The van der Waals surface area contributed by atoms with Crippen LogP contribution in [0.3, 0.4) is 0 Å². The molecule has 0 saturated carbocycles. The van der Waals surface area contributed by atoms with Gasteiger partial charge in [-0.3, -0.25) is 14.5 Å². The molecule has 178 valence electrons. The molecule has 7 heteroatoms. The predicted octanol–water partition coefficient (Wildman–Crippen LogP) is 3.82. The number of phenolic OH excluding ortho intramolecular Hbond substituents is 1. The van der Waals surface area contributed by atoms with Crippen molar-refractivity contribution in [3.05, 3.63) is 46.3 Å². The minimum absolute atomic E-state index is 0.0981. The molecular formula is C26H32FNO5. The van der Waals surface area contributed by atoms with Gasteiger partial charge in [-0.25, -0.2) is 4.39 Å². The van der Waals surface area contributed by atoms with E-state index in [1.54, 1.807) is 6.07 Å². The standard InChI is InChI=1S/C26H32FNO5/c1-3-9-28-25(31)18-12-17(13-29)23-19(24(18)26(28)32)14-33-22(23)8-6-15(4-2)10-16-5-7-21(30)20(27)11-16/h5,7,10-11,18-19,22,24,29-30H,3-4,6,8-9,12-14H2,1-2H3/b15-10+/t18-,19+,22-,24-/m1/s1. The van der Waals surface area contributed by atoms with E-state index in [0.717, 1.165) is 36.0 Å². The lowest BCUT2D eigenvalue weighted by atomic mass is 9.69. The zero-order chi connectivity index (χ0) is 23.7. The molecule has 3 aliphatic rings. The van der Waals surface area contributed by atoms with Crippen LogP contribution in [0, 0.1) is 23.6 Å². The third-order valence-corrected chi connectivity index (χ3v) is 7.26. The van der Waals surface area contributed by atoms with Gasteiger partial charge in [-0.15, -0.1) is 0 Å². The smallest absolute Gasteiger partial charge is 0.233 e. The number of ether oxygens (including phenoxy) is 1. The second-order valence-corrected chi connectivity index (χ2v) is 9.22. The highest BCUT2D eigenvalue weighted by molar-refractivity contribution is 6.05. The summed E-state index contributed by atoms with van der Waals surface area (Å²) < 4.78 is 19.8. The van der Waals surface area contributed by atoms with Crippen LogP contribution in [0.1, 0.15) is 51.5 Å². The Labute approximate surface area is 193 Å². The highest BCUT2D eigenvalue weighted by Gasteiger charge is 2.56. The second kappa shape index (κ2) is 9.77.